The molecule has 2 aromatic heterocycles. The third-order valence-corrected chi connectivity index (χ3v) is 5.68. The van der Waals surface area contributed by atoms with E-state index in [0.29, 0.717) is 19.0 Å². The Morgan fingerprint density at radius 2 is 2.03 bits per heavy atom. The number of aryl methyl sites for hydroxylation is 2. The number of piperidine rings is 1. The Balaban J connectivity index is 1.63. The highest BCUT2D eigenvalue weighted by atomic mass is 32.1. The number of hydrogen-bond donors (Lipinski definition) is 1. The van der Waals surface area contributed by atoms with Crippen molar-refractivity contribution in [3.63, 3.8) is 0 Å². The van der Waals surface area contributed by atoms with Crippen molar-refractivity contribution in [3.05, 3.63) is 28.7 Å². The van der Waals surface area contributed by atoms with E-state index in [-0.39, 0.29) is 6.09 Å². The smallest absolute Gasteiger partial charge is 0.410 e. The first-order chi connectivity index (χ1) is 13.7. The Labute approximate surface area is 176 Å². The highest BCUT2D eigenvalue weighted by molar-refractivity contribution is 7.15. The Hall–Kier alpha value is -2.22. The lowest BCUT2D eigenvalue weighted by molar-refractivity contribution is 0.0204. The number of aromatic nitrogens is 3. The maximum atomic E-state index is 12.3. The van der Waals surface area contributed by atoms with Crippen LogP contribution in [-0.2, 0) is 11.2 Å². The van der Waals surface area contributed by atoms with Crippen LogP contribution in [0.2, 0.25) is 0 Å². The quantitative estimate of drug-likeness (QED) is 0.733. The molecule has 7 nitrogen and oxygen atoms in total. The van der Waals surface area contributed by atoms with Crippen LogP contribution in [0, 0.1) is 6.92 Å². The second kappa shape index (κ2) is 9.07. The third-order valence-electron chi connectivity index (χ3n) is 4.71. The van der Waals surface area contributed by atoms with E-state index in [1.165, 1.54) is 4.88 Å². The lowest BCUT2D eigenvalue weighted by Crippen LogP contribution is -2.41. The lowest BCUT2D eigenvalue weighted by atomic mass is 9.93. The van der Waals surface area contributed by atoms with E-state index in [1.807, 2.05) is 40.0 Å². The fourth-order valence-electron chi connectivity index (χ4n) is 3.39. The molecule has 8 heteroatoms. The van der Waals surface area contributed by atoms with Crippen LogP contribution in [-0.4, -0.2) is 44.6 Å². The van der Waals surface area contributed by atoms with Gasteiger partial charge in [0, 0.05) is 41.8 Å². The summed E-state index contributed by atoms with van der Waals surface area (Å²) in [5.41, 5.74) is 0.555. The first-order valence-electron chi connectivity index (χ1n) is 10.3. The normalized spacial score (nSPS) is 15.4. The van der Waals surface area contributed by atoms with Gasteiger partial charge < -0.3 is 15.0 Å². The number of amides is 1. The summed E-state index contributed by atoms with van der Waals surface area (Å²) >= 11 is 1.67. The van der Waals surface area contributed by atoms with Gasteiger partial charge in [0.25, 0.3) is 0 Å². The van der Waals surface area contributed by atoms with E-state index >= 15 is 0 Å². The number of rotatable bonds is 5. The monoisotopic (exact) mass is 417 g/mol. The van der Waals surface area contributed by atoms with Gasteiger partial charge in [-0.3, -0.25) is 0 Å². The van der Waals surface area contributed by atoms with E-state index in [2.05, 4.69) is 27.2 Å². The molecule has 0 aromatic carbocycles. The van der Waals surface area contributed by atoms with Crippen LogP contribution in [0.3, 0.4) is 0 Å². The number of hydrogen-bond acceptors (Lipinski definition) is 7. The highest BCUT2D eigenvalue weighted by Crippen LogP contribution is 2.30. The summed E-state index contributed by atoms with van der Waals surface area (Å²) in [6.07, 6.45) is 5.59. The average Bonchev–Trinajstić information content (AvgIpc) is 3.07. The number of anilines is 2. The maximum Gasteiger partial charge on any atom is 0.410 e. The molecular weight excluding hydrogens is 386 g/mol. The topological polar surface area (TPSA) is 80.2 Å². The zero-order chi connectivity index (χ0) is 21.0. The predicted octanol–water partition coefficient (Wildman–Crippen LogP) is 5.05. The molecule has 2 aromatic rings. The molecule has 0 aliphatic carbocycles. The molecule has 158 valence electrons. The summed E-state index contributed by atoms with van der Waals surface area (Å²) in [5.74, 6) is 1.83. The first kappa shape index (κ1) is 21.5. The van der Waals surface area contributed by atoms with Crippen LogP contribution < -0.4 is 5.32 Å². The van der Waals surface area contributed by atoms with Crippen molar-refractivity contribution in [1.29, 1.82) is 0 Å². The molecule has 1 saturated heterocycles. The summed E-state index contributed by atoms with van der Waals surface area (Å²) in [6, 6.07) is 2.02. The van der Waals surface area contributed by atoms with Gasteiger partial charge in [0.1, 0.15) is 17.2 Å². The van der Waals surface area contributed by atoms with Crippen LogP contribution in [0.4, 0.5) is 15.7 Å². The van der Waals surface area contributed by atoms with Gasteiger partial charge >= 0.3 is 6.09 Å². The molecule has 0 saturated carbocycles. The van der Waals surface area contributed by atoms with Crippen molar-refractivity contribution < 1.29 is 9.53 Å². The summed E-state index contributed by atoms with van der Waals surface area (Å²) in [7, 11) is 0. The summed E-state index contributed by atoms with van der Waals surface area (Å²) in [6.45, 7) is 11.1. The van der Waals surface area contributed by atoms with Crippen molar-refractivity contribution in [2.45, 2.75) is 71.8 Å². The zero-order valence-electron chi connectivity index (χ0n) is 18.0. The van der Waals surface area contributed by atoms with Gasteiger partial charge in [-0.05, 0) is 47.0 Å². The van der Waals surface area contributed by atoms with E-state index in [0.717, 1.165) is 48.2 Å². The average molecular weight is 418 g/mol. The van der Waals surface area contributed by atoms with Crippen LogP contribution >= 0.6 is 11.3 Å². The van der Waals surface area contributed by atoms with E-state index < -0.39 is 5.60 Å². The fourth-order valence-corrected chi connectivity index (χ4v) is 4.31. The number of ether oxygens (including phenoxy) is 1. The van der Waals surface area contributed by atoms with E-state index in [1.54, 1.807) is 16.2 Å². The fraction of sp³-hybridized carbons (Fsp3) is 0.619. The molecule has 0 spiro atoms. The molecule has 0 atom stereocenters. The van der Waals surface area contributed by atoms with Crippen LogP contribution in [0.25, 0.3) is 0 Å². The standard InChI is InChI=1S/C21H31N5O2S/c1-6-7-16-13-22-19(29-16)25-18-12-17(23-14(2)24-18)15-8-10-26(11-9-15)20(27)28-21(3,4)5/h12-13,15H,6-11H2,1-5H3,(H,22,23,24,25). The Morgan fingerprint density at radius 1 is 1.31 bits per heavy atom. The molecule has 3 heterocycles. The Bertz CT molecular complexity index is 838. The predicted molar refractivity (Wildman–Crippen MR) is 116 cm³/mol. The number of carbonyl (C=O) groups excluding carboxylic acids is 1. The molecule has 1 amide bonds. The molecule has 29 heavy (non-hydrogen) atoms. The van der Waals surface area contributed by atoms with Gasteiger partial charge in [-0.25, -0.2) is 19.7 Å². The molecule has 0 radical (unpaired) electrons. The molecule has 1 aliphatic rings. The van der Waals surface area contributed by atoms with Gasteiger partial charge in [-0.1, -0.05) is 13.3 Å². The first-order valence-corrected chi connectivity index (χ1v) is 11.1. The second-order valence-electron chi connectivity index (χ2n) is 8.47. The highest BCUT2D eigenvalue weighted by Gasteiger charge is 2.28. The number of thiazole rings is 1. The van der Waals surface area contributed by atoms with Gasteiger partial charge in [0.05, 0.1) is 0 Å². The maximum absolute atomic E-state index is 12.3. The van der Waals surface area contributed by atoms with E-state index in [4.69, 9.17) is 4.74 Å². The zero-order valence-corrected chi connectivity index (χ0v) is 18.8. The number of likely N-dealkylation sites (tertiary alicyclic amines) is 1. The number of nitrogens with one attached hydrogen (secondary N) is 1. The largest absolute Gasteiger partial charge is 0.444 e. The van der Waals surface area contributed by atoms with Crippen molar-refractivity contribution in [1.82, 2.24) is 19.9 Å². The summed E-state index contributed by atoms with van der Waals surface area (Å²) in [4.78, 5) is 29.0. The number of carbonyl (C=O) groups is 1. The lowest BCUT2D eigenvalue weighted by Gasteiger charge is -2.33. The van der Waals surface area contributed by atoms with Gasteiger partial charge in [-0.2, -0.15) is 0 Å². The van der Waals surface area contributed by atoms with Crippen molar-refractivity contribution >= 4 is 28.4 Å². The Kier molecular flexibility index (Phi) is 6.72. The molecule has 1 N–H and O–H groups in total. The number of nitrogens with zero attached hydrogens (tertiary/aromatic N) is 4. The minimum atomic E-state index is -0.467. The summed E-state index contributed by atoms with van der Waals surface area (Å²) in [5, 5.41) is 4.19. The van der Waals surface area contributed by atoms with E-state index in [9.17, 15) is 4.79 Å². The van der Waals surface area contributed by atoms with Crippen LogP contribution in [0.15, 0.2) is 12.3 Å². The molecule has 0 bridgehead atoms. The summed E-state index contributed by atoms with van der Waals surface area (Å²) < 4.78 is 5.49. The van der Waals surface area contributed by atoms with Gasteiger partial charge in [0.15, 0.2) is 5.13 Å². The van der Waals surface area contributed by atoms with Crippen molar-refractivity contribution in [3.8, 4) is 0 Å². The minimum Gasteiger partial charge on any atom is -0.444 e. The molecular formula is C21H31N5O2S. The third kappa shape index (κ3) is 6.13. The molecule has 3 rings (SSSR count). The van der Waals surface area contributed by atoms with Crippen LogP contribution in [0.1, 0.15) is 69.3 Å². The van der Waals surface area contributed by atoms with Gasteiger partial charge in [0.2, 0.25) is 0 Å². The van der Waals surface area contributed by atoms with Crippen molar-refractivity contribution in [2.75, 3.05) is 18.4 Å². The molecule has 1 fully saturated rings. The molecule has 1 aliphatic heterocycles. The second-order valence-corrected chi connectivity index (χ2v) is 9.59. The van der Waals surface area contributed by atoms with Crippen molar-refractivity contribution in [2.24, 2.45) is 0 Å². The minimum absolute atomic E-state index is 0.233. The molecule has 0 unspecified atom stereocenters. The Morgan fingerprint density at radius 3 is 2.69 bits per heavy atom. The van der Waals surface area contributed by atoms with Gasteiger partial charge in [-0.15, -0.1) is 11.3 Å². The SMILES string of the molecule is CCCc1cnc(Nc2cc(C3CCN(C(=O)OC(C)(C)C)CC3)nc(C)n2)s1. The van der Waals surface area contributed by atoms with Crippen LogP contribution in [0.5, 0.6) is 0 Å².